The predicted molar refractivity (Wildman–Crippen MR) is 312 cm³/mol. The monoisotopic (exact) mass is 1110 g/mol. The molecule has 0 saturated carbocycles. The predicted octanol–water partition coefficient (Wildman–Crippen LogP) is 1.30. The molecule has 8 atom stereocenters. The van der Waals surface area contributed by atoms with Crippen LogP contribution in [0, 0.1) is 0 Å². The second-order valence-corrected chi connectivity index (χ2v) is 31.5. The molecule has 0 radical (unpaired) electrons. The molecule has 8 heterocycles. The lowest BCUT2D eigenvalue weighted by Gasteiger charge is -2.43. The Hall–Kier alpha value is -3.11. The number of fused-ring (bicyclic) bond motifs is 2. The summed E-state index contributed by atoms with van der Waals surface area (Å²) in [5.41, 5.74) is 0. The zero-order chi connectivity index (χ0) is 50.9. The highest BCUT2D eigenvalue weighted by atomic mass is 32.2. The molecular formula is C54H86N12O3S4Si+4. The molecule has 8 aliphatic heterocycles. The van der Waals surface area contributed by atoms with E-state index in [1.165, 1.54) is 84.3 Å². The van der Waals surface area contributed by atoms with E-state index in [-0.39, 0.29) is 10.8 Å². The smallest absolute Gasteiger partial charge is 0.441 e. The van der Waals surface area contributed by atoms with Gasteiger partial charge in [-0.05, 0) is 41.1 Å². The maximum absolute atomic E-state index is 11.0. The van der Waals surface area contributed by atoms with Gasteiger partial charge in [0, 0.05) is 104 Å². The highest BCUT2D eigenvalue weighted by Gasteiger charge is 2.51. The highest BCUT2D eigenvalue weighted by Crippen LogP contribution is 2.37. The Kier molecular flexibility index (Phi) is 18.7. The number of hydrogen-bond donors (Lipinski definition) is 7. The number of nitrogens with one attached hydrogen (secondary N) is 4. The number of rotatable bonds is 21. The van der Waals surface area contributed by atoms with E-state index in [1.807, 2.05) is 11.8 Å². The van der Waals surface area contributed by atoms with Gasteiger partial charge in [0.2, 0.25) is 0 Å². The maximum atomic E-state index is 11.0. The van der Waals surface area contributed by atoms with Crippen molar-refractivity contribution in [2.75, 3.05) is 105 Å². The van der Waals surface area contributed by atoms with Crippen LogP contribution in [0.1, 0.15) is 72.1 Å². The minimum atomic E-state index is -2.58. The third kappa shape index (κ3) is 13.8. The zero-order valence-corrected chi connectivity index (χ0v) is 48.6. The number of nitrogens with two attached hydrogens (primary N) is 2. The molecule has 0 amide bonds. The van der Waals surface area contributed by atoms with Crippen LogP contribution in [0.4, 0.5) is 0 Å². The minimum Gasteiger partial charge on any atom is -0.481 e. The van der Waals surface area contributed by atoms with Crippen molar-refractivity contribution in [1.82, 2.24) is 31.1 Å². The number of hydrogen-bond acceptors (Lipinski definition) is 14. The molecule has 15 nitrogen and oxygen atoms in total. The summed E-state index contributed by atoms with van der Waals surface area (Å²) in [5.74, 6) is 11.8. The molecular weight excluding hydrogens is 1020 g/mol. The Bertz CT molecular complexity index is 2290. The van der Waals surface area contributed by atoms with E-state index >= 15 is 0 Å². The summed E-state index contributed by atoms with van der Waals surface area (Å²) in [7, 11) is -2.58. The quantitative estimate of drug-likeness (QED) is 0.0709. The molecule has 9 N–H and O–H groups in total. The average Bonchev–Trinajstić information content (AvgIpc) is 3.42. The fourth-order valence-corrected chi connectivity index (χ4v) is 21.3. The second kappa shape index (κ2) is 25.6. The molecule has 0 aliphatic carbocycles. The van der Waals surface area contributed by atoms with Crippen molar-refractivity contribution in [3.63, 3.8) is 0 Å². The summed E-state index contributed by atoms with van der Waals surface area (Å²) in [6.07, 6.45) is 9.25. The molecule has 0 aromatic heterocycles. The van der Waals surface area contributed by atoms with Crippen molar-refractivity contribution in [2.45, 2.75) is 126 Å². The number of nitrogens with zero attached hydrogens (tertiary/aromatic N) is 6. The number of guanidine groups is 4. The van der Waals surface area contributed by atoms with Gasteiger partial charge in [-0.1, -0.05) is 81.4 Å². The number of carboxylic acid groups (broad SMARTS) is 1. The van der Waals surface area contributed by atoms with E-state index in [0.29, 0.717) is 54.9 Å². The van der Waals surface area contributed by atoms with Crippen LogP contribution in [-0.2, 0) is 9.22 Å². The number of carboxylic acids is 1. The molecule has 8 aliphatic rings. The Balaban J connectivity index is 0.620. The number of carbonyl (C=O) groups is 1. The van der Waals surface area contributed by atoms with E-state index in [4.69, 9.17) is 19.5 Å². The van der Waals surface area contributed by atoms with Gasteiger partial charge in [0.05, 0.1) is 50.6 Å². The molecule has 2 aromatic rings. The Labute approximate surface area is 459 Å². The number of benzene rings is 2. The molecule has 2 fully saturated rings. The van der Waals surface area contributed by atoms with E-state index in [1.54, 1.807) is 0 Å². The first-order chi connectivity index (χ1) is 36.0. The first-order valence-electron chi connectivity index (χ1n) is 28.0. The van der Waals surface area contributed by atoms with Gasteiger partial charge in [0.15, 0.2) is 11.9 Å². The van der Waals surface area contributed by atoms with Crippen LogP contribution in [0.25, 0.3) is 0 Å². The number of aliphatic imine (C=N–C) groups is 2. The molecule has 0 bridgehead atoms. The van der Waals surface area contributed by atoms with E-state index < -0.39 is 14.3 Å². The third-order valence-corrected chi connectivity index (χ3v) is 26.4. The van der Waals surface area contributed by atoms with Gasteiger partial charge in [-0.3, -0.25) is 4.79 Å². The minimum absolute atomic E-state index is 0.0258. The van der Waals surface area contributed by atoms with E-state index in [0.717, 1.165) is 106 Å². The molecule has 2 saturated heterocycles. The average molecular weight is 1110 g/mol. The molecule has 10 rings (SSSR count). The van der Waals surface area contributed by atoms with Crippen LogP contribution in [0.3, 0.4) is 0 Å². The fraction of sp³-hybridized carbons (Fsp3) is 0.685. The van der Waals surface area contributed by atoms with Gasteiger partial charge in [-0.25, -0.2) is 40.4 Å². The standard InChI is InChI=1S/C54H82N12O3S4Si/c1-54(2,3)74(47-10-6-4-7-11-47,48-12-8-5-9-13-48)69-30-39-14-22-63-23-15-40(56-50(63)55-39)31-70-32-41-16-24-64-25-17-42(58-51(64)57-41)33-71-34-43-18-26-65-27-19-44(60-52(65)59-43)35-72-36-45-20-28-66-29-21-46(62-53(66)61-45)37-73-38-49(67)68/h4-13,39-46H,14-38H2,1-3H3,(H5,55,56,57,58,59,60,61,62,67,68)/p+4/t39-,40-,41-,42-,43-,44-,45-,46-/m1/s1. The lowest BCUT2D eigenvalue weighted by atomic mass is 10.1. The molecule has 0 unspecified atom stereocenters. The molecule has 404 valence electrons. The van der Waals surface area contributed by atoms with Gasteiger partial charge in [0.25, 0.3) is 8.32 Å². The summed E-state index contributed by atoms with van der Waals surface area (Å²) in [6.45, 7) is 16.7. The Morgan fingerprint density at radius 3 is 1.57 bits per heavy atom. The highest BCUT2D eigenvalue weighted by molar-refractivity contribution is 8.00. The van der Waals surface area contributed by atoms with Gasteiger partial charge in [-0.15, -0.1) is 11.8 Å². The van der Waals surface area contributed by atoms with Gasteiger partial charge < -0.3 is 30.0 Å². The van der Waals surface area contributed by atoms with Gasteiger partial charge in [0.1, 0.15) is 24.2 Å². The fourth-order valence-electron chi connectivity index (χ4n) is 12.3. The summed E-state index contributed by atoms with van der Waals surface area (Å²) < 4.78 is 12.6. The second-order valence-electron chi connectivity index (χ2n) is 23.0. The van der Waals surface area contributed by atoms with Crippen LogP contribution in [0.5, 0.6) is 0 Å². The summed E-state index contributed by atoms with van der Waals surface area (Å²) in [5, 5.41) is 32.3. The largest absolute Gasteiger partial charge is 0.481 e. The number of aliphatic carboxylic acids is 1. The maximum Gasteiger partial charge on any atom is 0.441 e. The Morgan fingerprint density at radius 2 is 1.05 bits per heavy atom. The summed E-state index contributed by atoms with van der Waals surface area (Å²) >= 11 is 7.78. The number of thioether (sulfide) groups is 4. The lowest BCUT2D eigenvalue weighted by molar-refractivity contribution is -0.691. The van der Waals surface area contributed by atoms with Crippen LogP contribution in [-0.4, -0.2) is 216 Å². The van der Waals surface area contributed by atoms with Crippen molar-refractivity contribution >= 4 is 95.5 Å². The van der Waals surface area contributed by atoms with Crippen molar-refractivity contribution in [2.24, 2.45) is 9.98 Å². The van der Waals surface area contributed by atoms with Crippen LogP contribution >= 0.6 is 47.0 Å². The molecule has 0 spiro atoms. The lowest BCUT2D eigenvalue weighted by Crippen LogP contribution is -3.00. The molecule has 2 aromatic carbocycles. The SMILES string of the molecule is CC(C)(C)[Si](OC[C@H]1CC[N+]2=C(N1)[NH2+][C@@H](CSC[C@H]1CC[N+]3=C(N1)[NH2+][C@@H](CSC[C@H]1CCN4CC[C@H](CSC[C@H]5CCN6CC[C@H](CSCC(=O)O)NC6=N5)N=C4N1)CC3)CC2)(c1ccccc1)c1ccccc1. The van der Waals surface area contributed by atoms with Crippen LogP contribution in [0.2, 0.25) is 5.04 Å². The van der Waals surface area contributed by atoms with Crippen molar-refractivity contribution in [1.29, 1.82) is 0 Å². The van der Waals surface area contributed by atoms with Crippen LogP contribution < -0.4 is 42.3 Å². The third-order valence-electron chi connectivity index (χ3n) is 16.4. The molecule has 20 heteroatoms. The van der Waals surface area contributed by atoms with Crippen LogP contribution in [0.15, 0.2) is 70.6 Å². The van der Waals surface area contributed by atoms with Crippen molar-refractivity contribution < 1.29 is 34.1 Å². The van der Waals surface area contributed by atoms with Gasteiger partial charge in [-0.2, -0.15) is 35.3 Å². The van der Waals surface area contributed by atoms with Crippen molar-refractivity contribution in [3.05, 3.63) is 60.7 Å². The normalized spacial score (nSPS) is 28.3. The topological polar surface area (TPSA) is 165 Å². The first-order valence-corrected chi connectivity index (χ1v) is 34.5. The van der Waals surface area contributed by atoms with E-state index in [2.05, 4.69) is 156 Å². The molecule has 74 heavy (non-hydrogen) atoms. The zero-order valence-electron chi connectivity index (χ0n) is 44.3. The first kappa shape index (κ1) is 54.3. The van der Waals surface area contributed by atoms with E-state index in [9.17, 15) is 4.79 Å². The summed E-state index contributed by atoms with van der Waals surface area (Å²) in [4.78, 5) is 26.2. The van der Waals surface area contributed by atoms with Gasteiger partial charge >= 0.3 is 17.9 Å². The van der Waals surface area contributed by atoms with Crippen molar-refractivity contribution in [3.8, 4) is 0 Å². The summed E-state index contributed by atoms with van der Waals surface area (Å²) in [6, 6.07) is 25.6. The number of quaternary nitrogens is 2. The Morgan fingerprint density at radius 1 is 0.608 bits per heavy atom.